The highest BCUT2D eigenvalue weighted by molar-refractivity contribution is 6.30. The van der Waals surface area contributed by atoms with Crippen LogP contribution in [0.3, 0.4) is 0 Å². The maximum absolute atomic E-state index is 5.84. The molecule has 0 amide bonds. The van der Waals surface area contributed by atoms with Crippen LogP contribution in [-0.4, -0.2) is 16.5 Å². The molecule has 0 aliphatic carbocycles. The molecule has 0 aliphatic heterocycles. The number of aromatic nitrogens is 2. The van der Waals surface area contributed by atoms with Crippen LogP contribution in [-0.2, 0) is 13.2 Å². The van der Waals surface area contributed by atoms with Crippen LogP contribution in [0.5, 0.6) is 6.01 Å². The number of ether oxygens (including phenoxy) is 1. The number of rotatable bonds is 6. The highest BCUT2D eigenvalue weighted by atomic mass is 35.5. The summed E-state index contributed by atoms with van der Waals surface area (Å²) < 4.78 is 5.59. The number of nitrogens with zero attached hydrogens (tertiary/aromatic N) is 2. The summed E-state index contributed by atoms with van der Waals surface area (Å²) in [6, 6.07) is 7.93. The molecule has 4 nitrogen and oxygen atoms in total. The van der Waals surface area contributed by atoms with Crippen molar-refractivity contribution in [3.8, 4) is 6.01 Å². The van der Waals surface area contributed by atoms with Crippen molar-refractivity contribution in [3.05, 3.63) is 52.3 Å². The molecule has 1 aromatic heterocycles. The van der Waals surface area contributed by atoms with Crippen molar-refractivity contribution in [1.82, 2.24) is 15.3 Å². The zero-order valence-corrected chi connectivity index (χ0v) is 12.4. The van der Waals surface area contributed by atoms with Gasteiger partial charge in [-0.3, -0.25) is 0 Å². The van der Waals surface area contributed by atoms with E-state index in [1.807, 2.05) is 37.4 Å². The molecule has 1 N–H and O–H groups in total. The molecule has 0 spiro atoms. The molecule has 0 unspecified atom stereocenters. The standard InChI is InChI=1S/C15H18ClN3O/c1-3-17-8-13-9-18-15(19-11(13)2)20-10-12-4-6-14(16)7-5-12/h4-7,9,17H,3,8,10H2,1-2H3. The summed E-state index contributed by atoms with van der Waals surface area (Å²) in [5, 5.41) is 3.97. The molecule has 1 aromatic carbocycles. The lowest BCUT2D eigenvalue weighted by Crippen LogP contribution is -2.14. The molecule has 5 heteroatoms. The normalized spacial score (nSPS) is 10.6. The van der Waals surface area contributed by atoms with E-state index >= 15 is 0 Å². The van der Waals surface area contributed by atoms with Gasteiger partial charge in [0, 0.05) is 29.0 Å². The Morgan fingerprint density at radius 2 is 2.00 bits per heavy atom. The molecule has 2 rings (SSSR count). The molecule has 106 valence electrons. The summed E-state index contributed by atoms with van der Waals surface area (Å²) >= 11 is 5.84. The molecule has 0 atom stereocenters. The largest absolute Gasteiger partial charge is 0.459 e. The van der Waals surface area contributed by atoms with Crippen LogP contribution in [0, 0.1) is 6.92 Å². The van der Waals surface area contributed by atoms with E-state index < -0.39 is 0 Å². The second kappa shape index (κ2) is 7.22. The molecular weight excluding hydrogens is 274 g/mol. The van der Waals surface area contributed by atoms with Crippen molar-refractivity contribution in [1.29, 1.82) is 0 Å². The highest BCUT2D eigenvalue weighted by Crippen LogP contribution is 2.13. The van der Waals surface area contributed by atoms with E-state index in [2.05, 4.69) is 22.2 Å². The highest BCUT2D eigenvalue weighted by Gasteiger charge is 2.04. The van der Waals surface area contributed by atoms with Gasteiger partial charge in [0.1, 0.15) is 6.61 Å². The summed E-state index contributed by atoms with van der Waals surface area (Å²) in [7, 11) is 0. The topological polar surface area (TPSA) is 47.0 Å². The van der Waals surface area contributed by atoms with Gasteiger partial charge in [-0.1, -0.05) is 30.7 Å². The Morgan fingerprint density at radius 3 is 2.65 bits per heavy atom. The predicted molar refractivity (Wildman–Crippen MR) is 79.9 cm³/mol. The number of nitrogens with one attached hydrogen (secondary N) is 1. The second-order valence-electron chi connectivity index (χ2n) is 4.46. The summed E-state index contributed by atoms with van der Waals surface area (Å²) in [6.45, 7) is 6.17. The fourth-order valence-electron chi connectivity index (χ4n) is 1.70. The van der Waals surface area contributed by atoms with Gasteiger partial charge in [0.05, 0.1) is 0 Å². The van der Waals surface area contributed by atoms with E-state index in [-0.39, 0.29) is 0 Å². The van der Waals surface area contributed by atoms with Crippen LogP contribution in [0.2, 0.25) is 5.02 Å². The van der Waals surface area contributed by atoms with Crippen LogP contribution in [0.25, 0.3) is 0 Å². The lowest BCUT2D eigenvalue weighted by atomic mass is 10.2. The molecule has 0 bridgehead atoms. The van der Waals surface area contributed by atoms with Gasteiger partial charge < -0.3 is 10.1 Å². The third-order valence-electron chi connectivity index (χ3n) is 2.91. The average molecular weight is 292 g/mol. The summed E-state index contributed by atoms with van der Waals surface area (Å²) in [5.41, 5.74) is 3.06. The Hall–Kier alpha value is -1.65. The van der Waals surface area contributed by atoms with Crippen molar-refractivity contribution in [3.63, 3.8) is 0 Å². The van der Waals surface area contributed by atoms with E-state index in [0.717, 1.165) is 29.9 Å². The van der Waals surface area contributed by atoms with Crippen LogP contribution in [0.15, 0.2) is 30.5 Å². The van der Waals surface area contributed by atoms with E-state index in [0.29, 0.717) is 17.6 Å². The first kappa shape index (κ1) is 14.8. The van der Waals surface area contributed by atoms with E-state index in [9.17, 15) is 0 Å². The second-order valence-corrected chi connectivity index (χ2v) is 4.90. The van der Waals surface area contributed by atoms with E-state index in [4.69, 9.17) is 16.3 Å². The summed E-state index contributed by atoms with van der Waals surface area (Å²) in [4.78, 5) is 8.58. The van der Waals surface area contributed by atoms with Crippen molar-refractivity contribution in [2.75, 3.05) is 6.54 Å². The molecule has 0 saturated carbocycles. The van der Waals surface area contributed by atoms with Crippen molar-refractivity contribution >= 4 is 11.6 Å². The zero-order valence-electron chi connectivity index (χ0n) is 11.7. The number of benzene rings is 1. The van der Waals surface area contributed by atoms with E-state index in [1.54, 1.807) is 0 Å². The third-order valence-corrected chi connectivity index (χ3v) is 3.16. The first-order chi connectivity index (χ1) is 9.69. The van der Waals surface area contributed by atoms with Gasteiger partial charge in [0.25, 0.3) is 0 Å². The van der Waals surface area contributed by atoms with Crippen LogP contribution < -0.4 is 10.1 Å². The van der Waals surface area contributed by atoms with Gasteiger partial charge in [0.15, 0.2) is 0 Å². The monoisotopic (exact) mass is 291 g/mol. The molecule has 0 radical (unpaired) electrons. The quantitative estimate of drug-likeness (QED) is 0.888. The van der Waals surface area contributed by atoms with Gasteiger partial charge in [-0.25, -0.2) is 9.97 Å². The first-order valence-corrected chi connectivity index (χ1v) is 6.97. The Morgan fingerprint density at radius 1 is 1.25 bits per heavy atom. The maximum Gasteiger partial charge on any atom is 0.316 e. The lowest BCUT2D eigenvalue weighted by Gasteiger charge is -2.08. The van der Waals surface area contributed by atoms with Crippen LogP contribution >= 0.6 is 11.6 Å². The maximum atomic E-state index is 5.84. The van der Waals surface area contributed by atoms with Crippen molar-refractivity contribution < 1.29 is 4.74 Å². The third kappa shape index (κ3) is 4.18. The molecular formula is C15H18ClN3O. The molecule has 20 heavy (non-hydrogen) atoms. The fraction of sp³-hybridized carbons (Fsp3) is 0.333. The SMILES string of the molecule is CCNCc1cnc(OCc2ccc(Cl)cc2)nc1C. The lowest BCUT2D eigenvalue weighted by molar-refractivity contribution is 0.279. The molecule has 0 fully saturated rings. The van der Waals surface area contributed by atoms with Gasteiger partial charge in [-0.15, -0.1) is 0 Å². The Kier molecular flexibility index (Phi) is 5.32. The van der Waals surface area contributed by atoms with E-state index in [1.165, 1.54) is 0 Å². The smallest absolute Gasteiger partial charge is 0.316 e. The Balaban J connectivity index is 1.96. The Labute approximate surface area is 124 Å². The summed E-state index contributed by atoms with van der Waals surface area (Å²) in [6.07, 6.45) is 1.81. The van der Waals surface area contributed by atoms with Gasteiger partial charge in [-0.2, -0.15) is 0 Å². The fourth-order valence-corrected chi connectivity index (χ4v) is 1.83. The average Bonchev–Trinajstić information content (AvgIpc) is 2.46. The van der Waals surface area contributed by atoms with Gasteiger partial charge in [0.2, 0.25) is 0 Å². The van der Waals surface area contributed by atoms with Crippen LogP contribution in [0.4, 0.5) is 0 Å². The first-order valence-electron chi connectivity index (χ1n) is 6.59. The molecule has 0 saturated heterocycles. The molecule has 2 aromatic rings. The van der Waals surface area contributed by atoms with Crippen LogP contribution in [0.1, 0.15) is 23.7 Å². The van der Waals surface area contributed by atoms with Gasteiger partial charge >= 0.3 is 6.01 Å². The molecule has 0 aliphatic rings. The predicted octanol–water partition coefficient (Wildman–Crippen LogP) is 3.13. The number of aryl methyl sites for hydroxylation is 1. The number of hydrogen-bond donors (Lipinski definition) is 1. The van der Waals surface area contributed by atoms with Crippen molar-refractivity contribution in [2.45, 2.75) is 27.0 Å². The molecule has 1 heterocycles. The van der Waals surface area contributed by atoms with Crippen molar-refractivity contribution in [2.24, 2.45) is 0 Å². The number of halogens is 1. The minimum Gasteiger partial charge on any atom is -0.459 e. The summed E-state index contributed by atoms with van der Waals surface area (Å²) in [5.74, 6) is 0. The van der Waals surface area contributed by atoms with Gasteiger partial charge in [-0.05, 0) is 31.2 Å². The Bertz CT molecular complexity index is 558. The number of hydrogen-bond acceptors (Lipinski definition) is 4. The minimum absolute atomic E-state index is 0.401. The zero-order chi connectivity index (χ0) is 14.4. The minimum atomic E-state index is 0.401.